The van der Waals surface area contributed by atoms with Crippen molar-refractivity contribution in [3.05, 3.63) is 46.6 Å². The van der Waals surface area contributed by atoms with Crippen molar-refractivity contribution in [3.63, 3.8) is 0 Å². The molecule has 35 heavy (non-hydrogen) atoms. The third kappa shape index (κ3) is 5.41. The number of fused-ring (bicyclic) bond motifs is 1. The van der Waals surface area contributed by atoms with Crippen molar-refractivity contribution in [1.82, 2.24) is 19.8 Å². The van der Waals surface area contributed by atoms with Crippen molar-refractivity contribution in [1.29, 1.82) is 0 Å². The Bertz CT molecular complexity index is 1070. The lowest BCUT2D eigenvalue weighted by atomic mass is 10.00. The Kier molecular flexibility index (Phi) is 7.28. The Balaban J connectivity index is 1.61. The third-order valence-electron chi connectivity index (χ3n) is 6.90. The zero-order chi connectivity index (χ0) is 25.3. The number of carbonyl (C=O) groups excluding carboxylic acids is 2. The molecule has 2 aliphatic rings. The smallest absolute Gasteiger partial charge is 0.273 e. The topological polar surface area (TPSA) is 81.7 Å². The molecular formula is C27H38N6O2. The predicted octanol–water partition coefficient (Wildman–Crippen LogP) is 3.88. The second kappa shape index (κ2) is 10.2. The van der Waals surface area contributed by atoms with Crippen LogP contribution < -0.4 is 10.2 Å². The Morgan fingerprint density at radius 2 is 1.66 bits per heavy atom. The van der Waals surface area contributed by atoms with E-state index >= 15 is 0 Å². The van der Waals surface area contributed by atoms with E-state index in [1.807, 2.05) is 23.6 Å². The summed E-state index contributed by atoms with van der Waals surface area (Å²) in [5.41, 5.74) is 3.85. The van der Waals surface area contributed by atoms with Gasteiger partial charge in [0, 0.05) is 50.7 Å². The number of carbonyl (C=O) groups is 2. The van der Waals surface area contributed by atoms with Crippen LogP contribution in [0.15, 0.2) is 24.3 Å². The number of amides is 2. The summed E-state index contributed by atoms with van der Waals surface area (Å²) in [5.74, 6) is 1.92. The van der Waals surface area contributed by atoms with Gasteiger partial charge in [0.15, 0.2) is 0 Å². The second-order valence-corrected chi connectivity index (χ2v) is 10.4. The molecule has 0 radical (unpaired) electrons. The molecule has 1 atom stereocenters. The highest BCUT2D eigenvalue weighted by molar-refractivity contribution is 5.98. The van der Waals surface area contributed by atoms with Crippen LogP contribution in [-0.4, -0.2) is 63.8 Å². The van der Waals surface area contributed by atoms with E-state index in [0.29, 0.717) is 56.1 Å². The summed E-state index contributed by atoms with van der Waals surface area (Å²) in [4.78, 5) is 40.3. The number of benzene rings is 1. The average Bonchev–Trinajstić information content (AvgIpc) is 3.16. The highest BCUT2D eigenvalue weighted by Gasteiger charge is 2.35. The van der Waals surface area contributed by atoms with Crippen LogP contribution in [0.25, 0.3) is 0 Å². The molecule has 1 aromatic heterocycles. The molecule has 4 rings (SSSR count). The van der Waals surface area contributed by atoms with E-state index in [4.69, 9.17) is 9.97 Å². The predicted molar refractivity (Wildman–Crippen MR) is 139 cm³/mol. The normalized spacial score (nSPS) is 16.8. The van der Waals surface area contributed by atoms with E-state index in [1.165, 1.54) is 11.1 Å². The maximum Gasteiger partial charge on any atom is 0.273 e. The molecule has 0 aliphatic carbocycles. The first-order valence-electron chi connectivity index (χ1n) is 12.7. The van der Waals surface area contributed by atoms with Crippen molar-refractivity contribution in [3.8, 4) is 0 Å². The molecule has 8 heteroatoms. The lowest BCUT2D eigenvalue weighted by molar-refractivity contribution is -0.129. The monoisotopic (exact) mass is 478 g/mol. The van der Waals surface area contributed by atoms with Gasteiger partial charge in [-0.1, -0.05) is 38.1 Å². The second-order valence-electron chi connectivity index (χ2n) is 10.4. The quantitative estimate of drug-likeness (QED) is 0.650. The van der Waals surface area contributed by atoms with Gasteiger partial charge in [-0.3, -0.25) is 9.59 Å². The van der Waals surface area contributed by atoms with E-state index in [2.05, 4.69) is 55.3 Å². The number of hydrogen-bond acceptors (Lipinski definition) is 6. The minimum absolute atomic E-state index is 0.0210. The SMILES string of the molecule is CC(=O)N1CCN(c2nc(NC(C)c3ccc(CC(C)C)cc3)c3c(n2)C(=O)N(C(C)C)C3)CC1. The zero-order valence-electron chi connectivity index (χ0n) is 21.8. The number of rotatable bonds is 7. The summed E-state index contributed by atoms with van der Waals surface area (Å²) in [5, 5.41) is 3.58. The molecule has 2 aliphatic heterocycles. The van der Waals surface area contributed by atoms with Gasteiger partial charge in [-0.2, -0.15) is 4.98 Å². The lowest BCUT2D eigenvalue weighted by Gasteiger charge is -2.34. The van der Waals surface area contributed by atoms with Crippen molar-refractivity contribution in [2.24, 2.45) is 5.92 Å². The van der Waals surface area contributed by atoms with Crippen LogP contribution in [0.1, 0.15) is 74.8 Å². The highest BCUT2D eigenvalue weighted by atomic mass is 16.2. The van der Waals surface area contributed by atoms with E-state index < -0.39 is 0 Å². The standard InChI is InChI=1S/C27H38N6O2/c1-17(2)15-21-7-9-22(10-8-21)19(5)28-25-23-16-33(18(3)4)26(35)24(23)29-27(30-25)32-13-11-31(12-14-32)20(6)34/h7-10,17-19H,11-16H2,1-6H3,(H,28,29,30). The van der Waals surface area contributed by atoms with Crippen LogP contribution in [0.5, 0.6) is 0 Å². The Hall–Kier alpha value is -3.16. The van der Waals surface area contributed by atoms with E-state index in [-0.39, 0.29) is 23.9 Å². The van der Waals surface area contributed by atoms with E-state index in [0.717, 1.165) is 12.0 Å². The third-order valence-corrected chi connectivity index (χ3v) is 6.90. The Morgan fingerprint density at radius 3 is 2.23 bits per heavy atom. The minimum atomic E-state index is -0.0465. The zero-order valence-corrected chi connectivity index (χ0v) is 21.8. The number of piperazine rings is 1. The molecule has 0 spiro atoms. The van der Waals surface area contributed by atoms with Crippen molar-refractivity contribution in [2.75, 3.05) is 36.4 Å². The van der Waals surface area contributed by atoms with Crippen LogP contribution in [0.3, 0.4) is 0 Å². The first kappa shape index (κ1) is 24.9. The van der Waals surface area contributed by atoms with Gasteiger partial charge < -0.3 is 20.0 Å². The van der Waals surface area contributed by atoms with Crippen LogP contribution >= 0.6 is 0 Å². The number of nitrogens with zero attached hydrogens (tertiary/aromatic N) is 5. The van der Waals surface area contributed by atoms with Crippen LogP contribution in [0.4, 0.5) is 11.8 Å². The largest absolute Gasteiger partial charge is 0.363 e. The fraction of sp³-hybridized carbons (Fsp3) is 0.556. The van der Waals surface area contributed by atoms with Crippen LogP contribution in [0, 0.1) is 5.92 Å². The summed E-state index contributed by atoms with van der Waals surface area (Å²) < 4.78 is 0. The van der Waals surface area contributed by atoms with Gasteiger partial charge in [0.2, 0.25) is 11.9 Å². The van der Waals surface area contributed by atoms with E-state index in [1.54, 1.807) is 6.92 Å². The molecule has 0 bridgehead atoms. The molecule has 2 aromatic rings. The number of aromatic nitrogens is 2. The highest BCUT2D eigenvalue weighted by Crippen LogP contribution is 2.32. The van der Waals surface area contributed by atoms with Gasteiger partial charge in [0.25, 0.3) is 5.91 Å². The van der Waals surface area contributed by atoms with Gasteiger partial charge >= 0.3 is 0 Å². The van der Waals surface area contributed by atoms with Gasteiger partial charge in [-0.15, -0.1) is 0 Å². The lowest BCUT2D eigenvalue weighted by Crippen LogP contribution is -2.48. The molecule has 2 amide bonds. The molecule has 0 saturated carbocycles. The molecule has 8 nitrogen and oxygen atoms in total. The minimum Gasteiger partial charge on any atom is -0.363 e. The van der Waals surface area contributed by atoms with Gasteiger partial charge in [-0.05, 0) is 44.2 Å². The number of nitrogens with one attached hydrogen (secondary N) is 1. The molecule has 1 saturated heterocycles. The molecular weight excluding hydrogens is 440 g/mol. The average molecular weight is 479 g/mol. The number of hydrogen-bond donors (Lipinski definition) is 1. The summed E-state index contributed by atoms with van der Waals surface area (Å²) in [6.45, 7) is 15.3. The molecule has 3 heterocycles. The molecule has 1 aromatic carbocycles. The molecule has 1 N–H and O–H groups in total. The summed E-state index contributed by atoms with van der Waals surface area (Å²) in [6, 6.07) is 8.84. The maximum absolute atomic E-state index is 13.2. The van der Waals surface area contributed by atoms with Crippen molar-refractivity contribution in [2.45, 2.75) is 66.6 Å². The molecule has 1 fully saturated rings. The molecule has 188 valence electrons. The van der Waals surface area contributed by atoms with Crippen molar-refractivity contribution >= 4 is 23.6 Å². The van der Waals surface area contributed by atoms with E-state index in [9.17, 15) is 9.59 Å². The molecule has 1 unspecified atom stereocenters. The van der Waals surface area contributed by atoms with Crippen LogP contribution in [-0.2, 0) is 17.8 Å². The van der Waals surface area contributed by atoms with Crippen molar-refractivity contribution < 1.29 is 9.59 Å². The fourth-order valence-corrected chi connectivity index (χ4v) is 4.78. The first-order valence-corrected chi connectivity index (χ1v) is 12.7. The first-order chi connectivity index (χ1) is 16.6. The number of anilines is 2. The maximum atomic E-state index is 13.2. The Labute approximate surface area is 208 Å². The van der Waals surface area contributed by atoms with Gasteiger partial charge in [-0.25, -0.2) is 4.98 Å². The summed E-state index contributed by atoms with van der Waals surface area (Å²) in [6.07, 6.45) is 1.06. The van der Waals surface area contributed by atoms with Crippen LogP contribution in [0.2, 0.25) is 0 Å². The summed E-state index contributed by atoms with van der Waals surface area (Å²) >= 11 is 0. The summed E-state index contributed by atoms with van der Waals surface area (Å²) in [7, 11) is 0. The van der Waals surface area contributed by atoms with Gasteiger partial charge in [0.05, 0.1) is 6.54 Å². The Morgan fingerprint density at radius 1 is 1.00 bits per heavy atom. The fourth-order valence-electron chi connectivity index (χ4n) is 4.78. The van der Waals surface area contributed by atoms with Gasteiger partial charge in [0.1, 0.15) is 11.5 Å².